The summed E-state index contributed by atoms with van der Waals surface area (Å²) in [5.41, 5.74) is 3.75. The standard InChI is InChI=1S/C54H69N7O9S/c1-53(2,3)69-51(62)55-43-21-18-41(19-22-43)47-29-20-42(17-10-37-30-32-59(33-31-37)52(63)70-54(4,5)6)49(48(47)50-56-58-61(57-50)36-40-15-27-46(68-9)28-16-40)71(64,65)60(34-38-11-23-44(66-7)24-12-38)35-39-13-25-45(67-8)26-14-39/h11-16,18,20,23-29,37,43H,10,17,19,21-22,30-36H2,1-9H3,(H,55,62). The van der Waals surface area contributed by atoms with Crippen molar-refractivity contribution in [3.8, 4) is 28.6 Å². The molecule has 1 N–H and O–H groups in total. The summed E-state index contributed by atoms with van der Waals surface area (Å²) in [5.74, 6) is 2.41. The van der Waals surface area contributed by atoms with Crippen LogP contribution >= 0.6 is 0 Å². The van der Waals surface area contributed by atoms with Gasteiger partial charge in [0.2, 0.25) is 15.8 Å². The number of hydrogen-bond acceptors (Lipinski definition) is 12. The van der Waals surface area contributed by atoms with Crippen molar-refractivity contribution in [3.05, 3.63) is 119 Å². The molecule has 2 aliphatic rings. The zero-order valence-electron chi connectivity index (χ0n) is 42.6. The molecule has 71 heavy (non-hydrogen) atoms. The number of ether oxygens (including phenoxy) is 5. The molecule has 17 heteroatoms. The van der Waals surface area contributed by atoms with Gasteiger partial charge in [-0.3, -0.25) is 0 Å². The fraction of sp³-hybridized carbons (Fsp3) is 0.463. The van der Waals surface area contributed by atoms with E-state index in [4.69, 9.17) is 28.8 Å². The molecule has 1 saturated heterocycles. The number of alkyl carbamates (subject to hydrolysis) is 1. The summed E-state index contributed by atoms with van der Waals surface area (Å²) in [6, 6.07) is 26.1. The molecule has 2 amide bonds. The van der Waals surface area contributed by atoms with E-state index in [0.717, 1.165) is 35.1 Å². The van der Waals surface area contributed by atoms with Gasteiger partial charge in [-0.15, -0.1) is 10.2 Å². The maximum atomic E-state index is 16.2. The predicted molar refractivity (Wildman–Crippen MR) is 272 cm³/mol. The quantitative estimate of drug-likeness (QED) is 0.0935. The zero-order valence-corrected chi connectivity index (χ0v) is 43.4. The lowest BCUT2D eigenvalue weighted by molar-refractivity contribution is 0.0181. The van der Waals surface area contributed by atoms with Gasteiger partial charge >= 0.3 is 12.2 Å². The molecule has 1 aromatic heterocycles. The van der Waals surface area contributed by atoms with Crippen LogP contribution in [0.15, 0.2) is 95.9 Å². The number of benzene rings is 4. The Kier molecular flexibility index (Phi) is 16.8. The molecule has 1 atom stereocenters. The lowest BCUT2D eigenvalue weighted by Crippen LogP contribution is -2.41. The molecule has 380 valence electrons. The summed E-state index contributed by atoms with van der Waals surface area (Å²) in [7, 11) is 0.379. The van der Waals surface area contributed by atoms with Crippen molar-refractivity contribution in [2.24, 2.45) is 5.92 Å². The number of tetrazole rings is 1. The van der Waals surface area contributed by atoms with Gasteiger partial charge in [-0.05, 0) is 167 Å². The van der Waals surface area contributed by atoms with Gasteiger partial charge in [0.25, 0.3) is 0 Å². The Hall–Kier alpha value is -6.46. The largest absolute Gasteiger partial charge is 0.497 e. The predicted octanol–water partition coefficient (Wildman–Crippen LogP) is 9.85. The summed E-state index contributed by atoms with van der Waals surface area (Å²) in [5, 5.41) is 17.1. The third kappa shape index (κ3) is 14.1. The van der Waals surface area contributed by atoms with Crippen molar-refractivity contribution >= 4 is 27.8 Å². The Labute approximate surface area is 418 Å². The highest BCUT2D eigenvalue weighted by Gasteiger charge is 2.36. The average Bonchev–Trinajstić information content (AvgIpc) is 3.80. The number of carbonyl (C=O) groups excluding carboxylic acids is 2. The molecule has 0 saturated carbocycles. The number of nitrogens with zero attached hydrogens (tertiary/aromatic N) is 6. The van der Waals surface area contributed by atoms with Crippen molar-refractivity contribution in [1.82, 2.24) is 34.7 Å². The van der Waals surface area contributed by atoms with Crippen molar-refractivity contribution < 1.29 is 41.7 Å². The van der Waals surface area contributed by atoms with Crippen molar-refractivity contribution in [2.45, 2.75) is 128 Å². The van der Waals surface area contributed by atoms with Crippen LogP contribution in [0.25, 0.3) is 17.0 Å². The molecule has 4 aromatic carbocycles. The maximum Gasteiger partial charge on any atom is 0.410 e. The molecular formula is C54H69N7O9S. The van der Waals surface area contributed by atoms with Gasteiger partial charge < -0.3 is 33.9 Å². The Morgan fingerprint density at radius 3 is 1.79 bits per heavy atom. The van der Waals surface area contributed by atoms with Gasteiger partial charge in [-0.1, -0.05) is 54.6 Å². The smallest absolute Gasteiger partial charge is 0.410 e. The van der Waals surface area contributed by atoms with Gasteiger partial charge in [-0.25, -0.2) is 18.0 Å². The normalized spacial score (nSPS) is 15.8. The second-order valence-corrected chi connectivity index (χ2v) is 22.1. The molecule has 0 radical (unpaired) electrons. The van der Waals surface area contributed by atoms with Crippen LogP contribution in [0, 0.1) is 5.92 Å². The van der Waals surface area contributed by atoms with E-state index in [0.29, 0.717) is 79.1 Å². The number of piperidine rings is 1. The monoisotopic (exact) mass is 991 g/mol. The van der Waals surface area contributed by atoms with Crippen LogP contribution in [0.5, 0.6) is 17.2 Å². The number of aromatic nitrogens is 4. The SMILES string of the molecule is COc1ccc(CN(Cc2ccc(OC)cc2)S(=O)(=O)c2c(CCC3CCN(C(=O)OC(C)(C)C)CC3)ccc(C3=CCC(NC(=O)OC(C)(C)C)CC3)c2-c2nnn(Cc3ccc(OC)cc3)n2)cc1. The van der Waals surface area contributed by atoms with Crippen molar-refractivity contribution in [1.29, 1.82) is 0 Å². The Balaban J connectivity index is 1.34. The lowest BCUT2D eigenvalue weighted by atomic mass is 9.86. The minimum atomic E-state index is -4.42. The van der Waals surface area contributed by atoms with E-state index in [9.17, 15) is 9.59 Å². The topological polar surface area (TPSA) is 177 Å². The van der Waals surface area contributed by atoms with Crippen molar-refractivity contribution in [3.63, 3.8) is 0 Å². The maximum absolute atomic E-state index is 16.2. The van der Waals surface area contributed by atoms with Crippen LogP contribution in [-0.2, 0) is 45.6 Å². The van der Waals surface area contributed by atoms with Crippen LogP contribution in [0.2, 0.25) is 0 Å². The number of hydrogen-bond donors (Lipinski definition) is 1. The van der Waals surface area contributed by atoms with E-state index < -0.39 is 27.3 Å². The molecule has 0 bridgehead atoms. The average molecular weight is 992 g/mol. The summed E-state index contributed by atoms with van der Waals surface area (Å²) in [6.45, 7) is 12.5. The number of amides is 2. The Morgan fingerprint density at radius 1 is 0.732 bits per heavy atom. The summed E-state index contributed by atoms with van der Waals surface area (Å²) in [4.78, 5) is 29.2. The minimum Gasteiger partial charge on any atom is -0.497 e. The molecule has 1 fully saturated rings. The van der Waals surface area contributed by atoms with Gasteiger partial charge in [0.15, 0.2) is 0 Å². The van der Waals surface area contributed by atoms with E-state index >= 15 is 8.42 Å². The molecule has 7 rings (SSSR count). The highest BCUT2D eigenvalue weighted by Crippen LogP contribution is 2.42. The van der Waals surface area contributed by atoms with Gasteiger partial charge in [0, 0.05) is 32.2 Å². The fourth-order valence-electron chi connectivity index (χ4n) is 8.91. The molecule has 1 unspecified atom stereocenters. The van der Waals surface area contributed by atoms with E-state index in [2.05, 4.69) is 21.7 Å². The van der Waals surface area contributed by atoms with Crippen LogP contribution < -0.4 is 19.5 Å². The third-order valence-electron chi connectivity index (χ3n) is 12.6. The molecule has 2 heterocycles. The molecular weight excluding hydrogens is 923 g/mol. The second-order valence-electron chi connectivity index (χ2n) is 20.2. The first-order chi connectivity index (χ1) is 33.8. The molecule has 0 spiro atoms. The number of likely N-dealkylation sites (tertiary alicyclic amines) is 1. The van der Waals surface area contributed by atoms with Crippen LogP contribution in [-0.4, -0.2) is 102 Å². The van der Waals surface area contributed by atoms with Gasteiger partial charge in [-0.2, -0.15) is 9.10 Å². The number of sulfonamides is 1. The lowest BCUT2D eigenvalue weighted by Gasteiger charge is -2.33. The number of rotatable bonds is 17. The molecule has 16 nitrogen and oxygen atoms in total. The van der Waals surface area contributed by atoms with E-state index in [1.54, 1.807) is 26.2 Å². The first-order valence-corrected chi connectivity index (χ1v) is 25.7. The highest BCUT2D eigenvalue weighted by molar-refractivity contribution is 7.89. The van der Waals surface area contributed by atoms with Crippen LogP contribution in [0.1, 0.15) is 108 Å². The van der Waals surface area contributed by atoms with Crippen LogP contribution in [0.4, 0.5) is 9.59 Å². The number of carbonyl (C=O) groups is 2. The van der Waals surface area contributed by atoms with E-state index in [1.165, 1.54) is 9.10 Å². The molecule has 5 aromatic rings. The summed E-state index contributed by atoms with van der Waals surface area (Å²) < 4.78 is 61.5. The van der Waals surface area contributed by atoms with Crippen LogP contribution in [0.3, 0.4) is 0 Å². The second kappa shape index (κ2) is 22.7. The molecule has 1 aliphatic heterocycles. The Morgan fingerprint density at radius 2 is 1.28 bits per heavy atom. The number of methoxy groups -OCH3 is 3. The van der Waals surface area contributed by atoms with Crippen molar-refractivity contribution in [2.75, 3.05) is 34.4 Å². The van der Waals surface area contributed by atoms with Gasteiger partial charge in [0.1, 0.15) is 28.5 Å². The number of aryl methyl sites for hydroxylation is 1. The summed E-state index contributed by atoms with van der Waals surface area (Å²) in [6.07, 6.45) is 5.48. The van der Waals surface area contributed by atoms with Gasteiger partial charge in [0.05, 0.1) is 38.3 Å². The number of nitrogens with one attached hydrogen (secondary N) is 1. The third-order valence-corrected chi connectivity index (χ3v) is 14.5. The first kappa shape index (κ1) is 52.4. The minimum absolute atomic E-state index is 0.0445. The number of allylic oxidation sites excluding steroid dienone is 1. The first-order valence-electron chi connectivity index (χ1n) is 24.3. The summed E-state index contributed by atoms with van der Waals surface area (Å²) >= 11 is 0. The molecule has 1 aliphatic carbocycles. The van der Waals surface area contributed by atoms with E-state index in [-0.39, 0.29) is 48.4 Å². The van der Waals surface area contributed by atoms with E-state index in [1.807, 2.05) is 126 Å². The fourth-order valence-corrected chi connectivity index (χ4v) is 10.8. The highest BCUT2D eigenvalue weighted by atomic mass is 32.2. The Bertz CT molecular complexity index is 2690. The zero-order chi connectivity index (χ0) is 50.9.